The molecule has 31 heavy (non-hydrogen) atoms. The molecule has 0 saturated carbocycles. The number of carbonyl (C=O) groups is 1. The number of H-pyrrole nitrogens is 1. The van der Waals surface area contributed by atoms with E-state index in [2.05, 4.69) is 22.3 Å². The van der Waals surface area contributed by atoms with Gasteiger partial charge in [-0.25, -0.2) is 4.39 Å². The highest BCUT2D eigenvalue weighted by molar-refractivity contribution is 5.85. The minimum absolute atomic E-state index is 0.0578. The molecule has 1 heterocycles. The number of benzene rings is 3. The van der Waals surface area contributed by atoms with Crippen LogP contribution in [0.5, 0.6) is 5.75 Å². The average molecular weight is 416 g/mol. The van der Waals surface area contributed by atoms with Crippen LogP contribution in [0, 0.1) is 5.82 Å². The lowest BCUT2D eigenvalue weighted by atomic mass is 9.98. The Morgan fingerprint density at radius 2 is 1.90 bits per heavy atom. The first-order chi connectivity index (χ1) is 15.1. The summed E-state index contributed by atoms with van der Waals surface area (Å²) < 4.78 is 21.5. The molecule has 4 aromatic rings. The number of aromatic nitrogens is 2. The number of carboxylic acids is 1. The van der Waals surface area contributed by atoms with Crippen LogP contribution in [0.25, 0.3) is 22.0 Å². The summed E-state index contributed by atoms with van der Waals surface area (Å²) in [7, 11) is 0. The van der Waals surface area contributed by atoms with Crippen LogP contribution in [0.1, 0.15) is 23.1 Å². The van der Waals surface area contributed by atoms with Crippen molar-refractivity contribution in [2.45, 2.75) is 31.8 Å². The number of rotatable bonds is 6. The largest absolute Gasteiger partial charge is 0.486 e. The number of aliphatic carboxylic acids is 1. The van der Waals surface area contributed by atoms with Gasteiger partial charge in [-0.05, 0) is 52.9 Å². The molecule has 5 rings (SSSR count). The molecule has 0 radical (unpaired) electrons. The third-order valence-corrected chi connectivity index (χ3v) is 5.78. The van der Waals surface area contributed by atoms with Crippen molar-refractivity contribution in [3.05, 3.63) is 83.3 Å². The van der Waals surface area contributed by atoms with Gasteiger partial charge in [0, 0.05) is 30.2 Å². The summed E-state index contributed by atoms with van der Waals surface area (Å²) in [5.74, 6) is -1.17. The van der Waals surface area contributed by atoms with E-state index in [4.69, 9.17) is 9.84 Å². The fraction of sp³-hybridized carbons (Fsp3) is 0.200. The molecule has 0 aliphatic heterocycles. The van der Waals surface area contributed by atoms with Crippen LogP contribution in [0.4, 0.5) is 4.39 Å². The standard InChI is InChI=1S/C25H21FN2O3/c26-22-10-15(5-8-24(29)30)9-21(18-6-7-23-19(11-18)14-27-28-23)25(22)31-20-12-16-3-1-2-4-17(16)13-20/h1-4,6-7,9-11,14,20H,5,8,12-13H2,(H,27,28)(H,29,30). The molecule has 0 bridgehead atoms. The SMILES string of the molecule is O=C(O)CCc1cc(F)c(OC2Cc3ccccc3C2)c(-c2ccc3[nH]ncc3c2)c1. The summed E-state index contributed by atoms with van der Waals surface area (Å²) in [6, 6.07) is 17.1. The van der Waals surface area contributed by atoms with E-state index in [9.17, 15) is 4.79 Å². The van der Waals surface area contributed by atoms with Crippen molar-refractivity contribution in [2.75, 3.05) is 0 Å². The highest BCUT2D eigenvalue weighted by Gasteiger charge is 2.25. The molecule has 0 unspecified atom stereocenters. The summed E-state index contributed by atoms with van der Waals surface area (Å²) in [6.07, 6.45) is 3.23. The average Bonchev–Trinajstić information content (AvgIpc) is 3.39. The normalized spacial score (nSPS) is 13.5. The lowest BCUT2D eigenvalue weighted by molar-refractivity contribution is -0.136. The predicted molar refractivity (Wildman–Crippen MR) is 116 cm³/mol. The van der Waals surface area contributed by atoms with E-state index in [0.717, 1.165) is 29.3 Å². The molecule has 0 spiro atoms. The van der Waals surface area contributed by atoms with Crippen molar-refractivity contribution in [2.24, 2.45) is 0 Å². The molecule has 1 aliphatic carbocycles. The third-order valence-electron chi connectivity index (χ3n) is 5.78. The van der Waals surface area contributed by atoms with E-state index in [1.54, 1.807) is 6.20 Å². The van der Waals surface area contributed by atoms with E-state index >= 15 is 4.39 Å². The molecular weight excluding hydrogens is 395 g/mol. The van der Waals surface area contributed by atoms with Gasteiger partial charge in [0.1, 0.15) is 6.10 Å². The van der Waals surface area contributed by atoms with Crippen molar-refractivity contribution in [3.63, 3.8) is 0 Å². The molecule has 156 valence electrons. The Balaban J connectivity index is 1.53. The Labute approximate surface area is 178 Å². The lowest BCUT2D eigenvalue weighted by Gasteiger charge is -2.19. The number of ether oxygens (including phenoxy) is 1. The minimum Gasteiger partial charge on any atom is -0.486 e. The van der Waals surface area contributed by atoms with Crippen LogP contribution in [0.15, 0.2) is 60.8 Å². The number of halogens is 1. The van der Waals surface area contributed by atoms with Gasteiger partial charge in [-0.1, -0.05) is 30.3 Å². The zero-order chi connectivity index (χ0) is 21.4. The highest BCUT2D eigenvalue weighted by Crippen LogP contribution is 2.37. The number of aromatic amines is 1. The zero-order valence-electron chi connectivity index (χ0n) is 16.8. The first kappa shape index (κ1) is 19.3. The first-order valence-electron chi connectivity index (χ1n) is 10.3. The van der Waals surface area contributed by atoms with Crippen LogP contribution in [0.2, 0.25) is 0 Å². The summed E-state index contributed by atoms with van der Waals surface area (Å²) in [4.78, 5) is 11.0. The Morgan fingerprint density at radius 3 is 2.65 bits per heavy atom. The van der Waals surface area contributed by atoms with Crippen molar-refractivity contribution in [3.8, 4) is 16.9 Å². The van der Waals surface area contributed by atoms with Crippen LogP contribution in [0.3, 0.4) is 0 Å². The van der Waals surface area contributed by atoms with Gasteiger partial charge in [0.15, 0.2) is 11.6 Å². The molecule has 0 saturated heterocycles. The van der Waals surface area contributed by atoms with Gasteiger partial charge in [0.25, 0.3) is 0 Å². The van der Waals surface area contributed by atoms with Gasteiger partial charge in [-0.3, -0.25) is 9.89 Å². The van der Waals surface area contributed by atoms with Gasteiger partial charge >= 0.3 is 5.97 Å². The van der Waals surface area contributed by atoms with Gasteiger partial charge in [0.2, 0.25) is 0 Å². The maximum atomic E-state index is 15.3. The first-order valence-corrected chi connectivity index (χ1v) is 10.3. The Morgan fingerprint density at radius 1 is 1.13 bits per heavy atom. The van der Waals surface area contributed by atoms with E-state index in [-0.39, 0.29) is 24.7 Å². The quantitative estimate of drug-likeness (QED) is 0.467. The lowest BCUT2D eigenvalue weighted by Crippen LogP contribution is -2.18. The van der Waals surface area contributed by atoms with Crippen LogP contribution < -0.4 is 4.74 Å². The Hall–Kier alpha value is -3.67. The molecule has 0 fully saturated rings. The zero-order valence-corrected chi connectivity index (χ0v) is 16.8. The van der Waals surface area contributed by atoms with E-state index in [1.807, 2.05) is 36.4 Å². The van der Waals surface area contributed by atoms with Crippen molar-refractivity contribution >= 4 is 16.9 Å². The second kappa shape index (κ2) is 7.87. The van der Waals surface area contributed by atoms with Gasteiger partial charge in [-0.15, -0.1) is 0 Å². The molecule has 0 atom stereocenters. The second-order valence-electron chi connectivity index (χ2n) is 7.94. The van der Waals surface area contributed by atoms with E-state index < -0.39 is 11.8 Å². The second-order valence-corrected chi connectivity index (χ2v) is 7.94. The van der Waals surface area contributed by atoms with Crippen molar-refractivity contribution < 1.29 is 19.0 Å². The molecule has 5 nitrogen and oxygen atoms in total. The number of hydrogen-bond donors (Lipinski definition) is 2. The number of aryl methyl sites for hydroxylation is 1. The van der Waals surface area contributed by atoms with Crippen LogP contribution in [-0.4, -0.2) is 27.4 Å². The molecule has 0 amide bonds. The van der Waals surface area contributed by atoms with E-state index in [0.29, 0.717) is 11.1 Å². The smallest absolute Gasteiger partial charge is 0.303 e. The Kier molecular flexibility index (Phi) is 4.90. The number of fused-ring (bicyclic) bond motifs is 2. The maximum Gasteiger partial charge on any atom is 0.303 e. The van der Waals surface area contributed by atoms with Crippen LogP contribution in [-0.2, 0) is 24.1 Å². The summed E-state index contributed by atoms with van der Waals surface area (Å²) in [6.45, 7) is 0. The van der Waals surface area contributed by atoms with E-state index in [1.165, 1.54) is 17.2 Å². The predicted octanol–water partition coefficient (Wildman–Crippen LogP) is 4.93. The number of nitrogens with one attached hydrogen (secondary N) is 1. The maximum absolute atomic E-state index is 15.3. The van der Waals surface area contributed by atoms with Crippen molar-refractivity contribution in [1.82, 2.24) is 10.2 Å². The summed E-state index contributed by atoms with van der Waals surface area (Å²) in [5.41, 5.74) is 5.40. The van der Waals surface area contributed by atoms with Crippen molar-refractivity contribution in [1.29, 1.82) is 0 Å². The molecule has 2 N–H and O–H groups in total. The number of nitrogens with zero attached hydrogens (tertiary/aromatic N) is 1. The highest BCUT2D eigenvalue weighted by atomic mass is 19.1. The summed E-state index contributed by atoms with van der Waals surface area (Å²) >= 11 is 0. The molecule has 3 aromatic carbocycles. The van der Waals surface area contributed by atoms with Crippen LogP contribution >= 0.6 is 0 Å². The molecule has 1 aliphatic rings. The molecular formula is C25H21FN2O3. The van der Waals surface area contributed by atoms with Gasteiger partial charge in [-0.2, -0.15) is 5.10 Å². The van der Waals surface area contributed by atoms with Gasteiger partial charge in [0.05, 0.1) is 11.7 Å². The van der Waals surface area contributed by atoms with Gasteiger partial charge < -0.3 is 9.84 Å². The number of hydrogen-bond acceptors (Lipinski definition) is 3. The molecule has 1 aromatic heterocycles. The fourth-order valence-electron chi connectivity index (χ4n) is 4.26. The minimum atomic E-state index is -0.911. The fourth-order valence-corrected chi connectivity index (χ4v) is 4.26. The molecule has 6 heteroatoms. The summed E-state index contributed by atoms with van der Waals surface area (Å²) in [5, 5.41) is 16.9. The third kappa shape index (κ3) is 3.89. The monoisotopic (exact) mass is 416 g/mol. The topological polar surface area (TPSA) is 75.2 Å². The number of carboxylic acid groups (broad SMARTS) is 1. The Bertz CT molecular complexity index is 1260.